The summed E-state index contributed by atoms with van der Waals surface area (Å²) in [5.41, 5.74) is 2.01. The van der Waals surface area contributed by atoms with Gasteiger partial charge < -0.3 is 5.32 Å². The highest BCUT2D eigenvalue weighted by Crippen LogP contribution is 2.11. The number of nitrogens with zero attached hydrogens (tertiary/aromatic N) is 5. The molecule has 6 nitrogen and oxygen atoms in total. The van der Waals surface area contributed by atoms with Crippen molar-refractivity contribution in [1.29, 1.82) is 0 Å². The molecule has 80 valence electrons. The quantitative estimate of drug-likeness (QED) is 0.793. The molecular formula is C9H14N6. The van der Waals surface area contributed by atoms with Gasteiger partial charge in [0.1, 0.15) is 12.2 Å². The molecular weight excluding hydrogens is 192 g/mol. The van der Waals surface area contributed by atoms with Gasteiger partial charge in [0.2, 0.25) is 0 Å². The third-order valence-corrected chi connectivity index (χ3v) is 2.26. The third kappa shape index (κ3) is 1.98. The van der Waals surface area contributed by atoms with E-state index in [1.54, 1.807) is 15.7 Å². The van der Waals surface area contributed by atoms with Crippen molar-refractivity contribution < 1.29 is 0 Å². The van der Waals surface area contributed by atoms with Crippen molar-refractivity contribution in [2.24, 2.45) is 14.1 Å². The van der Waals surface area contributed by atoms with Gasteiger partial charge in [0, 0.05) is 20.3 Å². The highest BCUT2D eigenvalue weighted by molar-refractivity contribution is 5.45. The number of rotatable bonds is 3. The second kappa shape index (κ2) is 3.72. The van der Waals surface area contributed by atoms with E-state index in [0.29, 0.717) is 6.54 Å². The van der Waals surface area contributed by atoms with Crippen LogP contribution in [0.1, 0.15) is 11.5 Å². The first-order chi connectivity index (χ1) is 7.16. The average molecular weight is 206 g/mol. The highest BCUT2D eigenvalue weighted by Gasteiger charge is 2.04. The van der Waals surface area contributed by atoms with E-state index in [1.165, 1.54) is 0 Å². The summed E-state index contributed by atoms with van der Waals surface area (Å²) in [6.07, 6.45) is 3.50. The Labute approximate surface area is 87.9 Å². The van der Waals surface area contributed by atoms with Crippen LogP contribution in [-0.2, 0) is 20.6 Å². The van der Waals surface area contributed by atoms with E-state index >= 15 is 0 Å². The molecule has 0 aromatic carbocycles. The number of hydrogen-bond donors (Lipinski definition) is 1. The van der Waals surface area contributed by atoms with Crippen molar-refractivity contribution in [3.63, 3.8) is 0 Å². The van der Waals surface area contributed by atoms with Crippen molar-refractivity contribution in [3.05, 3.63) is 24.0 Å². The molecule has 1 N–H and O–H groups in total. The molecule has 0 amide bonds. The molecule has 0 aliphatic rings. The number of hydrogen-bond acceptors (Lipinski definition) is 4. The molecule has 0 fully saturated rings. The van der Waals surface area contributed by atoms with Crippen LogP contribution in [0.25, 0.3) is 0 Å². The molecule has 0 aliphatic carbocycles. The molecule has 2 aromatic rings. The average Bonchev–Trinajstić information content (AvgIpc) is 2.70. The van der Waals surface area contributed by atoms with Crippen LogP contribution in [0.3, 0.4) is 0 Å². The number of aromatic nitrogens is 5. The highest BCUT2D eigenvalue weighted by atomic mass is 15.3. The van der Waals surface area contributed by atoms with Gasteiger partial charge in [0.25, 0.3) is 0 Å². The summed E-state index contributed by atoms with van der Waals surface area (Å²) in [6.45, 7) is 2.63. The number of nitrogens with one attached hydrogen (secondary N) is 1. The molecule has 0 radical (unpaired) electrons. The van der Waals surface area contributed by atoms with Crippen LogP contribution in [0.4, 0.5) is 5.69 Å². The van der Waals surface area contributed by atoms with Gasteiger partial charge in [-0.3, -0.25) is 9.36 Å². The maximum Gasteiger partial charge on any atom is 0.145 e. The second-order valence-electron chi connectivity index (χ2n) is 3.46. The molecule has 0 saturated heterocycles. The molecule has 2 rings (SSSR count). The fraction of sp³-hybridized carbons (Fsp3) is 0.444. The van der Waals surface area contributed by atoms with E-state index in [0.717, 1.165) is 17.2 Å². The molecule has 6 heteroatoms. The topological polar surface area (TPSA) is 60.6 Å². The van der Waals surface area contributed by atoms with E-state index in [1.807, 2.05) is 27.2 Å². The monoisotopic (exact) mass is 206 g/mol. The van der Waals surface area contributed by atoms with Crippen molar-refractivity contribution in [3.8, 4) is 0 Å². The minimum absolute atomic E-state index is 0.656. The lowest BCUT2D eigenvalue weighted by molar-refractivity contribution is 0.712. The largest absolute Gasteiger partial charge is 0.375 e. The second-order valence-corrected chi connectivity index (χ2v) is 3.46. The summed E-state index contributed by atoms with van der Waals surface area (Å²) in [5.74, 6) is 0.901. The van der Waals surface area contributed by atoms with Crippen molar-refractivity contribution in [1.82, 2.24) is 24.5 Å². The Morgan fingerprint density at radius 1 is 1.40 bits per heavy atom. The van der Waals surface area contributed by atoms with Gasteiger partial charge >= 0.3 is 0 Å². The van der Waals surface area contributed by atoms with Gasteiger partial charge in [-0.25, -0.2) is 4.98 Å². The lowest BCUT2D eigenvalue weighted by Gasteiger charge is -2.03. The predicted octanol–water partition coefficient (Wildman–Crippen LogP) is 0.469. The minimum Gasteiger partial charge on any atom is -0.375 e. The van der Waals surface area contributed by atoms with Gasteiger partial charge in [0.15, 0.2) is 0 Å². The Morgan fingerprint density at radius 3 is 2.73 bits per heavy atom. The predicted molar refractivity (Wildman–Crippen MR) is 56.3 cm³/mol. The van der Waals surface area contributed by atoms with Crippen LogP contribution in [0.15, 0.2) is 12.5 Å². The van der Waals surface area contributed by atoms with Crippen molar-refractivity contribution in [2.45, 2.75) is 13.5 Å². The lowest BCUT2D eigenvalue weighted by atomic mass is 10.4. The zero-order valence-electron chi connectivity index (χ0n) is 9.10. The molecule has 0 bridgehead atoms. The Bertz CT molecular complexity index is 455. The molecule has 15 heavy (non-hydrogen) atoms. The van der Waals surface area contributed by atoms with E-state index in [2.05, 4.69) is 20.5 Å². The maximum atomic E-state index is 4.24. The van der Waals surface area contributed by atoms with Gasteiger partial charge in [-0.05, 0) is 6.92 Å². The molecule has 0 spiro atoms. The fourth-order valence-corrected chi connectivity index (χ4v) is 1.43. The maximum absolute atomic E-state index is 4.24. The fourth-order valence-electron chi connectivity index (χ4n) is 1.43. The van der Waals surface area contributed by atoms with Crippen molar-refractivity contribution >= 4 is 5.69 Å². The first kappa shape index (κ1) is 9.70. The van der Waals surface area contributed by atoms with Gasteiger partial charge in [0.05, 0.1) is 17.9 Å². The Balaban J connectivity index is 2.05. The Morgan fingerprint density at radius 2 is 2.20 bits per heavy atom. The normalized spacial score (nSPS) is 10.6. The molecule has 0 atom stereocenters. The first-order valence-corrected chi connectivity index (χ1v) is 4.74. The van der Waals surface area contributed by atoms with Crippen LogP contribution >= 0.6 is 0 Å². The summed E-state index contributed by atoms with van der Waals surface area (Å²) < 4.78 is 3.53. The van der Waals surface area contributed by atoms with E-state index in [-0.39, 0.29) is 0 Å². The van der Waals surface area contributed by atoms with E-state index in [4.69, 9.17) is 0 Å². The standard InChI is InChI=1S/C9H14N6/c1-7-8(5-14(2)13-7)10-4-9-11-6-12-15(9)3/h5-6,10H,4H2,1-3H3. The van der Waals surface area contributed by atoms with Gasteiger partial charge in [-0.2, -0.15) is 10.2 Å². The Kier molecular flexibility index (Phi) is 2.40. The molecule has 0 unspecified atom stereocenters. The zero-order chi connectivity index (χ0) is 10.8. The summed E-state index contributed by atoms with van der Waals surface area (Å²) in [5, 5.41) is 11.5. The van der Waals surface area contributed by atoms with Crippen LogP contribution in [-0.4, -0.2) is 24.5 Å². The van der Waals surface area contributed by atoms with Crippen LogP contribution in [0.2, 0.25) is 0 Å². The minimum atomic E-state index is 0.656. The summed E-state index contributed by atoms with van der Waals surface area (Å²) in [6, 6.07) is 0. The molecule has 2 aromatic heterocycles. The molecule has 0 aliphatic heterocycles. The smallest absolute Gasteiger partial charge is 0.145 e. The molecule has 2 heterocycles. The number of anilines is 1. The van der Waals surface area contributed by atoms with Gasteiger partial charge in [-0.15, -0.1) is 0 Å². The summed E-state index contributed by atoms with van der Waals surface area (Å²) >= 11 is 0. The third-order valence-electron chi connectivity index (χ3n) is 2.26. The van der Waals surface area contributed by atoms with E-state index in [9.17, 15) is 0 Å². The summed E-state index contributed by atoms with van der Waals surface area (Å²) in [4.78, 5) is 4.13. The first-order valence-electron chi connectivity index (χ1n) is 4.74. The van der Waals surface area contributed by atoms with Crippen LogP contribution < -0.4 is 5.32 Å². The number of aryl methyl sites for hydroxylation is 3. The van der Waals surface area contributed by atoms with Crippen LogP contribution in [0.5, 0.6) is 0 Å². The zero-order valence-corrected chi connectivity index (χ0v) is 9.10. The van der Waals surface area contributed by atoms with Crippen molar-refractivity contribution in [2.75, 3.05) is 5.32 Å². The molecule has 0 saturated carbocycles. The lowest BCUT2D eigenvalue weighted by Crippen LogP contribution is -2.06. The Hall–Kier alpha value is -1.85. The van der Waals surface area contributed by atoms with Crippen LogP contribution in [0, 0.1) is 6.92 Å². The summed E-state index contributed by atoms with van der Waals surface area (Å²) in [7, 11) is 3.78. The van der Waals surface area contributed by atoms with Gasteiger partial charge in [-0.1, -0.05) is 0 Å². The van der Waals surface area contributed by atoms with E-state index < -0.39 is 0 Å². The SMILES string of the molecule is Cc1nn(C)cc1NCc1ncnn1C.